The van der Waals surface area contributed by atoms with Crippen LogP contribution >= 0.6 is 11.8 Å². The second-order valence-corrected chi connectivity index (χ2v) is 8.75. The average Bonchev–Trinajstić information content (AvgIpc) is 3.40. The maximum Gasteiger partial charge on any atom is 0.335 e. The van der Waals surface area contributed by atoms with E-state index in [9.17, 15) is 24.3 Å². The van der Waals surface area contributed by atoms with E-state index in [0.717, 1.165) is 4.90 Å². The maximum atomic E-state index is 12.8. The van der Waals surface area contributed by atoms with Crippen molar-refractivity contribution in [3.8, 4) is 17.1 Å². The quantitative estimate of drug-likeness (QED) is 0.408. The molecule has 0 spiro atoms. The number of hydrogen-bond acceptors (Lipinski definition) is 7. The summed E-state index contributed by atoms with van der Waals surface area (Å²) in [6.45, 7) is 3.64. The van der Waals surface area contributed by atoms with Crippen molar-refractivity contribution in [3.63, 3.8) is 0 Å². The second-order valence-electron chi connectivity index (χ2n) is 7.76. The van der Waals surface area contributed by atoms with E-state index in [1.807, 2.05) is 6.92 Å². The maximum absolute atomic E-state index is 12.8. The molecule has 9 nitrogen and oxygen atoms in total. The molecule has 1 aromatic heterocycles. The lowest BCUT2D eigenvalue weighted by Gasteiger charge is -2.12. The Morgan fingerprint density at radius 2 is 1.86 bits per heavy atom. The lowest BCUT2D eigenvalue weighted by Crippen LogP contribution is -2.36. The van der Waals surface area contributed by atoms with Gasteiger partial charge >= 0.3 is 5.97 Å². The molecule has 0 atom stereocenters. The molecule has 0 aliphatic carbocycles. The van der Waals surface area contributed by atoms with Crippen LogP contribution in [0.2, 0.25) is 0 Å². The minimum Gasteiger partial charge on any atom is -0.494 e. The van der Waals surface area contributed by atoms with Gasteiger partial charge in [0.15, 0.2) is 0 Å². The number of thioether (sulfide) groups is 1. The van der Waals surface area contributed by atoms with Crippen LogP contribution in [0.5, 0.6) is 5.75 Å². The largest absolute Gasteiger partial charge is 0.494 e. The molecule has 2 heterocycles. The number of imide groups is 1. The minimum atomic E-state index is -1.04. The molecule has 1 aliphatic rings. The van der Waals surface area contributed by atoms with Crippen LogP contribution < -0.4 is 10.1 Å². The van der Waals surface area contributed by atoms with Gasteiger partial charge in [-0.05, 0) is 73.6 Å². The summed E-state index contributed by atoms with van der Waals surface area (Å²) in [4.78, 5) is 50.0. The molecule has 1 saturated heterocycles. The zero-order valence-electron chi connectivity index (χ0n) is 19.4. The van der Waals surface area contributed by atoms with Crippen molar-refractivity contribution in [2.24, 2.45) is 0 Å². The van der Waals surface area contributed by atoms with E-state index in [-0.39, 0.29) is 10.5 Å². The van der Waals surface area contributed by atoms with Crippen LogP contribution in [0.3, 0.4) is 0 Å². The van der Waals surface area contributed by atoms with Gasteiger partial charge in [-0.25, -0.2) is 4.79 Å². The molecule has 184 valence electrons. The number of carbonyl (C=O) groups is 4. The number of carboxylic acid groups (broad SMARTS) is 1. The third-order valence-electron chi connectivity index (χ3n) is 5.35. The number of aromatic carboxylic acids is 1. The van der Waals surface area contributed by atoms with Gasteiger partial charge in [-0.2, -0.15) is 0 Å². The summed E-state index contributed by atoms with van der Waals surface area (Å²) in [6, 6.07) is 14.9. The number of amides is 3. The number of rotatable bonds is 8. The molecule has 1 fully saturated rings. The van der Waals surface area contributed by atoms with E-state index < -0.39 is 29.6 Å². The number of furan rings is 1. The standard InChI is InChI=1S/C26H22N2O7S/c1-3-34-17-9-7-16(8-10-17)27-23(29)14-28-24(30)22(36-26(28)33)13-18-11-12-21(35-18)19-5-4-6-20(15(19)2)25(31)32/h4-13H,3,14H2,1-2H3,(H,27,29)(H,31,32)/b22-13-. The van der Waals surface area contributed by atoms with Crippen molar-refractivity contribution in [1.82, 2.24) is 4.90 Å². The predicted molar refractivity (Wildman–Crippen MR) is 135 cm³/mol. The highest BCUT2D eigenvalue weighted by Crippen LogP contribution is 2.34. The van der Waals surface area contributed by atoms with Crippen LogP contribution in [0.15, 0.2) is 63.9 Å². The zero-order chi connectivity index (χ0) is 25.8. The Morgan fingerprint density at radius 1 is 1.11 bits per heavy atom. The van der Waals surface area contributed by atoms with Gasteiger partial charge < -0.3 is 19.6 Å². The summed E-state index contributed by atoms with van der Waals surface area (Å²) >= 11 is 0.711. The molecule has 4 rings (SSSR count). The molecular weight excluding hydrogens is 484 g/mol. The molecule has 1 aliphatic heterocycles. The summed E-state index contributed by atoms with van der Waals surface area (Å²) in [5.41, 5.74) is 1.82. The Hall–Kier alpha value is -4.31. The number of benzene rings is 2. The summed E-state index contributed by atoms with van der Waals surface area (Å²) in [5.74, 6) is -0.755. The van der Waals surface area contributed by atoms with Crippen LogP contribution in [0, 0.1) is 6.92 Å². The molecule has 3 aromatic rings. The second kappa shape index (κ2) is 10.5. The number of anilines is 1. The third-order valence-corrected chi connectivity index (χ3v) is 6.26. The zero-order valence-corrected chi connectivity index (χ0v) is 20.3. The number of nitrogens with zero attached hydrogens (tertiary/aromatic N) is 1. The van der Waals surface area contributed by atoms with Gasteiger partial charge in [-0.3, -0.25) is 19.3 Å². The fourth-order valence-electron chi connectivity index (χ4n) is 3.62. The topological polar surface area (TPSA) is 126 Å². The van der Waals surface area contributed by atoms with Crippen molar-refractivity contribution < 1.29 is 33.4 Å². The smallest absolute Gasteiger partial charge is 0.335 e. The van der Waals surface area contributed by atoms with Crippen LogP contribution in [0.25, 0.3) is 17.4 Å². The molecule has 0 bridgehead atoms. The van der Waals surface area contributed by atoms with E-state index in [2.05, 4.69) is 5.32 Å². The fourth-order valence-corrected chi connectivity index (χ4v) is 4.44. The number of carbonyl (C=O) groups excluding carboxylic acids is 3. The van der Waals surface area contributed by atoms with E-state index in [1.54, 1.807) is 55.5 Å². The number of hydrogen-bond donors (Lipinski definition) is 2. The molecule has 2 N–H and O–H groups in total. The summed E-state index contributed by atoms with van der Waals surface area (Å²) in [5, 5.41) is 11.4. The van der Waals surface area contributed by atoms with Gasteiger partial charge in [0.05, 0.1) is 17.1 Å². The monoisotopic (exact) mass is 506 g/mol. The Kier molecular flexibility index (Phi) is 7.25. The lowest BCUT2D eigenvalue weighted by atomic mass is 10.0. The molecule has 2 aromatic carbocycles. The van der Waals surface area contributed by atoms with Crippen LogP contribution in [-0.2, 0) is 9.59 Å². The Morgan fingerprint density at radius 3 is 2.56 bits per heavy atom. The van der Waals surface area contributed by atoms with Crippen molar-refractivity contribution in [3.05, 3.63) is 76.4 Å². The Balaban J connectivity index is 1.44. The van der Waals surface area contributed by atoms with Gasteiger partial charge in [0.2, 0.25) is 5.91 Å². The Bertz CT molecular complexity index is 1380. The first kappa shape index (κ1) is 24.8. The number of carboxylic acids is 1. The van der Waals surface area contributed by atoms with Crippen molar-refractivity contribution in [1.29, 1.82) is 0 Å². The highest BCUT2D eigenvalue weighted by Gasteiger charge is 2.36. The summed E-state index contributed by atoms with van der Waals surface area (Å²) in [7, 11) is 0. The third kappa shape index (κ3) is 5.33. The van der Waals surface area contributed by atoms with Gasteiger partial charge in [0, 0.05) is 17.3 Å². The van der Waals surface area contributed by atoms with Crippen LogP contribution in [0.4, 0.5) is 10.5 Å². The van der Waals surface area contributed by atoms with E-state index >= 15 is 0 Å². The molecule has 0 radical (unpaired) electrons. The SMILES string of the molecule is CCOc1ccc(NC(=O)CN2C(=O)S/C(=C\c3ccc(-c4cccc(C(=O)O)c4C)o3)C2=O)cc1. The predicted octanol–water partition coefficient (Wildman–Crippen LogP) is 5.03. The minimum absolute atomic E-state index is 0.116. The van der Waals surface area contributed by atoms with Crippen molar-refractivity contribution in [2.45, 2.75) is 13.8 Å². The molecule has 0 unspecified atom stereocenters. The van der Waals surface area contributed by atoms with Crippen LogP contribution in [0.1, 0.15) is 28.6 Å². The highest BCUT2D eigenvalue weighted by molar-refractivity contribution is 8.18. The summed E-state index contributed by atoms with van der Waals surface area (Å²) < 4.78 is 11.2. The average molecular weight is 507 g/mol. The number of nitrogens with one attached hydrogen (secondary N) is 1. The Labute approximate surface area is 210 Å². The van der Waals surface area contributed by atoms with Crippen molar-refractivity contribution >= 4 is 46.5 Å². The first-order valence-corrected chi connectivity index (χ1v) is 11.8. The first-order chi connectivity index (χ1) is 17.3. The first-order valence-electron chi connectivity index (χ1n) is 11.0. The normalized spacial score (nSPS) is 14.4. The molecule has 10 heteroatoms. The van der Waals surface area contributed by atoms with Crippen molar-refractivity contribution in [2.75, 3.05) is 18.5 Å². The van der Waals surface area contributed by atoms with E-state index in [1.165, 1.54) is 12.1 Å². The van der Waals surface area contributed by atoms with Gasteiger partial charge in [0.1, 0.15) is 23.8 Å². The fraction of sp³-hybridized carbons (Fsp3) is 0.154. The van der Waals surface area contributed by atoms with Gasteiger partial charge in [0.25, 0.3) is 11.1 Å². The van der Waals surface area contributed by atoms with E-state index in [0.29, 0.717) is 52.5 Å². The highest BCUT2D eigenvalue weighted by atomic mass is 32.2. The van der Waals surface area contributed by atoms with Crippen LogP contribution in [-0.4, -0.2) is 46.2 Å². The summed E-state index contributed by atoms with van der Waals surface area (Å²) in [6.07, 6.45) is 1.43. The molecule has 0 saturated carbocycles. The lowest BCUT2D eigenvalue weighted by molar-refractivity contribution is -0.127. The van der Waals surface area contributed by atoms with Gasteiger partial charge in [-0.1, -0.05) is 12.1 Å². The van der Waals surface area contributed by atoms with E-state index in [4.69, 9.17) is 9.15 Å². The van der Waals surface area contributed by atoms with Gasteiger partial charge in [-0.15, -0.1) is 0 Å². The molecule has 3 amide bonds. The molecule has 36 heavy (non-hydrogen) atoms. The molecular formula is C26H22N2O7S. The number of ether oxygens (including phenoxy) is 1.